The van der Waals surface area contributed by atoms with Gasteiger partial charge in [0.15, 0.2) is 0 Å². The van der Waals surface area contributed by atoms with Gasteiger partial charge in [0.05, 0.1) is 16.7 Å². The Hall–Kier alpha value is -2.41. The molecule has 0 aliphatic carbocycles. The van der Waals surface area contributed by atoms with Crippen molar-refractivity contribution in [1.82, 2.24) is 9.88 Å². The van der Waals surface area contributed by atoms with Gasteiger partial charge in [-0.1, -0.05) is 0 Å². The summed E-state index contributed by atoms with van der Waals surface area (Å²) in [6.07, 6.45) is 5.47. The minimum Gasteiger partial charge on any atom is -0.335 e. The van der Waals surface area contributed by atoms with Crippen LogP contribution in [0.5, 0.6) is 0 Å². The van der Waals surface area contributed by atoms with Crippen molar-refractivity contribution in [3.05, 3.63) is 64.5 Å². The number of benzene rings is 1. The van der Waals surface area contributed by atoms with Gasteiger partial charge in [-0.05, 0) is 42.7 Å². The van der Waals surface area contributed by atoms with E-state index in [0.717, 1.165) is 29.8 Å². The molecule has 1 unspecified atom stereocenters. The molecule has 1 aliphatic rings. The molecule has 2 aromatic rings. The molecule has 6 nitrogen and oxygen atoms in total. The molecule has 1 aromatic carbocycles. The van der Waals surface area contributed by atoms with Crippen LogP contribution in [0.25, 0.3) is 0 Å². The Morgan fingerprint density at radius 3 is 2.62 bits per heavy atom. The van der Waals surface area contributed by atoms with E-state index >= 15 is 0 Å². The van der Waals surface area contributed by atoms with Crippen LogP contribution < -0.4 is 0 Å². The highest BCUT2D eigenvalue weighted by atomic mass is 32.2. The molecule has 24 heavy (non-hydrogen) atoms. The van der Waals surface area contributed by atoms with Gasteiger partial charge in [-0.15, -0.1) is 11.8 Å². The molecule has 0 bridgehead atoms. The summed E-state index contributed by atoms with van der Waals surface area (Å²) in [5, 5.41) is 10.7. The predicted molar refractivity (Wildman–Crippen MR) is 91.7 cm³/mol. The standard InChI is InChI=1S/C17H17N3O3S/c21-17(12-24-15-5-3-14(4-6-15)20(22)23)19-11-1-2-16(19)13-7-9-18-10-8-13/h3-10,16H,1-2,11-12H2. The van der Waals surface area contributed by atoms with Gasteiger partial charge >= 0.3 is 0 Å². The Balaban J connectivity index is 1.61. The van der Waals surface area contributed by atoms with Crippen molar-refractivity contribution >= 4 is 23.4 Å². The molecule has 2 heterocycles. The lowest BCUT2D eigenvalue weighted by Crippen LogP contribution is -2.31. The lowest BCUT2D eigenvalue weighted by atomic mass is 10.1. The zero-order chi connectivity index (χ0) is 16.9. The van der Waals surface area contributed by atoms with Crippen LogP contribution >= 0.6 is 11.8 Å². The summed E-state index contributed by atoms with van der Waals surface area (Å²) in [6.45, 7) is 0.770. The van der Waals surface area contributed by atoms with Crippen LogP contribution in [0.15, 0.2) is 53.7 Å². The highest BCUT2D eigenvalue weighted by molar-refractivity contribution is 8.00. The van der Waals surface area contributed by atoms with Gasteiger partial charge in [0.1, 0.15) is 0 Å². The Morgan fingerprint density at radius 1 is 1.25 bits per heavy atom. The molecule has 0 saturated carbocycles. The molecule has 0 N–H and O–H groups in total. The third kappa shape index (κ3) is 3.73. The maximum absolute atomic E-state index is 12.6. The Morgan fingerprint density at radius 2 is 1.96 bits per heavy atom. The van der Waals surface area contributed by atoms with Gasteiger partial charge < -0.3 is 4.90 Å². The molecule has 1 saturated heterocycles. The van der Waals surface area contributed by atoms with Gasteiger partial charge in [-0.25, -0.2) is 0 Å². The average molecular weight is 343 g/mol. The summed E-state index contributed by atoms with van der Waals surface area (Å²) in [5.41, 5.74) is 1.18. The number of amides is 1. The van der Waals surface area contributed by atoms with E-state index in [9.17, 15) is 14.9 Å². The summed E-state index contributed by atoms with van der Waals surface area (Å²) in [4.78, 5) is 29.6. The summed E-state index contributed by atoms with van der Waals surface area (Å²) in [6, 6.07) is 10.3. The van der Waals surface area contributed by atoms with E-state index in [1.165, 1.54) is 23.9 Å². The van der Waals surface area contributed by atoms with Gasteiger partial charge in [0.2, 0.25) is 5.91 Å². The molecule has 124 valence electrons. The maximum atomic E-state index is 12.6. The molecule has 1 atom stereocenters. The van der Waals surface area contributed by atoms with Crippen molar-refractivity contribution in [2.24, 2.45) is 0 Å². The second kappa shape index (κ2) is 7.44. The van der Waals surface area contributed by atoms with E-state index in [1.807, 2.05) is 17.0 Å². The number of nitro groups is 1. The number of nitro benzene ring substituents is 1. The first-order valence-electron chi connectivity index (χ1n) is 7.72. The fraction of sp³-hybridized carbons (Fsp3) is 0.294. The van der Waals surface area contributed by atoms with Crippen LogP contribution in [0.2, 0.25) is 0 Å². The van der Waals surface area contributed by atoms with Gasteiger partial charge in [-0.3, -0.25) is 19.9 Å². The van der Waals surface area contributed by atoms with E-state index in [4.69, 9.17) is 0 Å². The second-order valence-electron chi connectivity index (χ2n) is 5.57. The molecule has 1 fully saturated rings. The number of likely N-dealkylation sites (tertiary alicyclic amines) is 1. The number of carbonyl (C=O) groups is 1. The third-order valence-corrected chi connectivity index (χ3v) is 5.07. The Bertz CT molecular complexity index is 722. The monoisotopic (exact) mass is 343 g/mol. The van der Waals surface area contributed by atoms with Gasteiger partial charge in [-0.2, -0.15) is 0 Å². The number of hydrogen-bond acceptors (Lipinski definition) is 5. The summed E-state index contributed by atoms with van der Waals surface area (Å²) < 4.78 is 0. The first-order chi connectivity index (χ1) is 11.6. The highest BCUT2D eigenvalue weighted by Crippen LogP contribution is 2.32. The van der Waals surface area contributed by atoms with E-state index in [0.29, 0.717) is 5.75 Å². The van der Waals surface area contributed by atoms with Crippen molar-refractivity contribution in [3.63, 3.8) is 0 Å². The van der Waals surface area contributed by atoms with Crippen molar-refractivity contribution in [2.45, 2.75) is 23.8 Å². The Labute approximate surface area is 144 Å². The fourth-order valence-electron chi connectivity index (χ4n) is 2.89. The lowest BCUT2D eigenvalue weighted by Gasteiger charge is -2.25. The number of rotatable bonds is 5. The van der Waals surface area contributed by atoms with Crippen LogP contribution in [0.1, 0.15) is 24.4 Å². The van der Waals surface area contributed by atoms with Crippen molar-refractivity contribution in [3.8, 4) is 0 Å². The molecular weight excluding hydrogens is 326 g/mol. The largest absolute Gasteiger partial charge is 0.335 e. The Kier molecular flexibility index (Phi) is 5.10. The quantitative estimate of drug-likeness (QED) is 0.472. The SMILES string of the molecule is O=C(CSc1ccc([N+](=O)[O-])cc1)N1CCCC1c1ccncc1. The normalized spacial score (nSPS) is 17.0. The van der Waals surface area contributed by atoms with Crippen LogP contribution in [-0.2, 0) is 4.79 Å². The van der Waals surface area contributed by atoms with Crippen LogP contribution in [-0.4, -0.2) is 33.0 Å². The number of hydrogen-bond donors (Lipinski definition) is 0. The van der Waals surface area contributed by atoms with Gasteiger partial charge in [0, 0.05) is 36.0 Å². The minimum atomic E-state index is -0.427. The van der Waals surface area contributed by atoms with Crippen molar-refractivity contribution < 1.29 is 9.72 Å². The number of thioether (sulfide) groups is 1. The molecule has 0 spiro atoms. The molecule has 7 heteroatoms. The number of carbonyl (C=O) groups excluding carboxylic acids is 1. The highest BCUT2D eigenvalue weighted by Gasteiger charge is 2.29. The number of pyridine rings is 1. The number of nitrogens with zero attached hydrogens (tertiary/aromatic N) is 3. The minimum absolute atomic E-state index is 0.0583. The summed E-state index contributed by atoms with van der Waals surface area (Å²) in [5.74, 6) is 0.428. The lowest BCUT2D eigenvalue weighted by molar-refractivity contribution is -0.384. The van der Waals surface area contributed by atoms with E-state index in [1.54, 1.807) is 24.5 Å². The molecule has 1 amide bonds. The topological polar surface area (TPSA) is 76.3 Å². The second-order valence-corrected chi connectivity index (χ2v) is 6.61. The van der Waals surface area contributed by atoms with Crippen LogP contribution in [0.3, 0.4) is 0 Å². The van der Waals surface area contributed by atoms with E-state index < -0.39 is 4.92 Å². The van der Waals surface area contributed by atoms with Crippen LogP contribution in [0, 0.1) is 10.1 Å². The molecule has 3 rings (SSSR count). The molecule has 1 aromatic heterocycles. The number of aromatic nitrogens is 1. The zero-order valence-electron chi connectivity index (χ0n) is 13.0. The van der Waals surface area contributed by atoms with E-state index in [-0.39, 0.29) is 17.6 Å². The summed E-state index contributed by atoms with van der Waals surface area (Å²) in [7, 11) is 0. The zero-order valence-corrected chi connectivity index (χ0v) is 13.8. The molecule has 0 radical (unpaired) electrons. The predicted octanol–water partition coefficient (Wildman–Crippen LogP) is 3.45. The molecular formula is C17H17N3O3S. The first-order valence-corrected chi connectivity index (χ1v) is 8.70. The van der Waals surface area contributed by atoms with Crippen molar-refractivity contribution in [1.29, 1.82) is 0 Å². The van der Waals surface area contributed by atoms with E-state index in [2.05, 4.69) is 4.98 Å². The average Bonchev–Trinajstić information content (AvgIpc) is 3.10. The molecule has 1 aliphatic heterocycles. The van der Waals surface area contributed by atoms with Gasteiger partial charge in [0.25, 0.3) is 5.69 Å². The van der Waals surface area contributed by atoms with Crippen LogP contribution in [0.4, 0.5) is 5.69 Å². The summed E-state index contributed by atoms with van der Waals surface area (Å²) >= 11 is 1.41. The maximum Gasteiger partial charge on any atom is 0.269 e. The third-order valence-electron chi connectivity index (χ3n) is 4.07. The first kappa shape index (κ1) is 16.4. The van der Waals surface area contributed by atoms with Crippen molar-refractivity contribution in [2.75, 3.05) is 12.3 Å². The fourth-order valence-corrected chi connectivity index (χ4v) is 3.67. The number of non-ortho nitro benzene ring substituents is 1. The smallest absolute Gasteiger partial charge is 0.269 e.